The summed E-state index contributed by atoms with van der Waals surface area (Å²) in [6.45, 7) is 0. The van der Waals surface area contributed by atoms with Gasteiger partial charge in [-0.25, -0.2) is 0 Å². The van der Waals surface area contributed by atoms with Gasteiger partial charge in [0.25, 0.3) is 0 Å². The molecule has 0 unspecified atom stereocenters. The third-order valence-corrected chi connectivity index (χ3v) is 3.28. The molecule has 0 N–H and O–H groups in total. The van der Waals surface area contributed by atoms with E-state index < -0.39 is 0 Å². The molecule has 0 spiro atoms. The van der Waals surface area contributed by atoms with Gasteiger partial charge in [0.2, 0.25) is 11.2 Å². The number of alkyl halides is 1. The second-order valence-corrected chi connectivity index (χ2v) is 4.20. The standard InChI is InChI=1S/C14H10ClNO/c15-9-14-12-7-2-1-5-10(12)11-6-3-4-8-13(11)16(14)17/h1-8H,9H2. The maximum absolute atomic E-state index is 12.2. The largest absolute Gasteiger partial charge is 0.618 e. The van der Waals surface area contributed by atoms with Gasteiger partial charge in [0.1, 0.15) is 5.88 Å². The summed E-state index contributed by atoms with van der Waals surface area (Å²) in [6.07, 6.45) is 0. The van der Waals surface area contributed by atoms with Crippen LogP contribution in [-0.4, -0.2) is 0 Å². The summed E-state index contributed by atoms with van der Waals surface area (Å²) in [5, 5.41) is 15.2. The van der Waals surface area contributed by atoms with Crippen LogP contribution in [0.3, 0.4) is 0 Å². The fraction of sp³-hybridized carbons (Fsp3) is 0.0714. The summed E-state index contributed by atoms with van der Waals surface area (Å²) < 4.78 is 0.935. The molecular weight excluding hydrogens is 234 g/mol. The lowest BCUT2D eigenvalue weighted by Crippen LogP contribution is -2.32. The Balaban J connectivity index is 2.64. The number of hydrogen-bond acceptors (Lipinski definition) is 1. The first-order valence-electron chi connectivity index (χ1n) is 5.41. The SMILES string of the molecule is [O-][n+]1c(CCl)c2ccccc2c2ccccc21. The van der Waals surface area contributed by atoms with E-state index in [2.05, 4.69) is 0 Å². The van der Waals surface area contributed by atoms with Crippen LogP contribution >= 0.6 is 11.6 Å². The third-order valence-electron chi connectivity index (χ3n) is 3.02. The molecule has 17 heavy (non-hydrogen) atoms. The van der Waals surface area contributed by atoms with Crippen LogP contribution in [0.4, 0.5) is 0 Å². The highest BCUT2D eigenvalue weighted by Gasteiger charge is 2.15. The first kappa shape index (κ1) is 10.4. The molecule has 0 aliphatic rings. The van der Waals surface area contributed by atoms with Gasteiger partial charge in [-0.05, 0) is 12.1 Å². The molecule has 0 aliphatic carbocycles. The molecule has 0 bridgehead atoms. The summed E-state index contributed by atoms with van der Waals surface area (Å²) in [4.78, 5) is 0. The maximum atomic E-state index is 12.2. The lowest BCUT2D eigenvalue weighted by Gasteiger charge is -2.10. The maximum Gasteiger partial charge on any atom is 0.224 e. The highest BCUT2D eigenvalue weighted by Crippen LogP contribution is 2.25. The topological polar surface area (TPSA) is 26.9 Å². The average Bonchev–Trinajstić information content (AvgIpc) is 2.40. The smallest absolute Gasteiger partial charge is 0.224 e. The number of para-hydroxylation sites is 1. The molecule has 1 heterocycles. The minimum Gasteiger partial charge on any atom is -0.618 e. The predicted molar refractivity (Wildman–Crippen MR) is 70.0 cm³/mol. The van der Waals surface area contributed by atoms with Crippen molar-refractivity contribution >= 4 is 33.3 Å². The average molecular weight is 244 g/mol. The minimum atomic E-state index is 0.217. The van der Waals surface area contributed by atoms with Crippen molar-refractivity contribution in [2.24, 2.45) is 0 Å². The molecule has 3 rings (SSSR count). The number of nitrogens with zero attached hydrogens (tertiary/aromatic N) is 1. The zero-order chi connectivity index (χ0) is 11.8. The van der Waals surface area contributed by atoms with Crippen molar-refractivity contribution in [3.05, 3.63) is 59.4 Å². The van der Waals surface area contributed by atoms with Gasteiger partial charge < -0.3 is 5.21 Å². The van der Waals surface area contributed by atoms with Crippen LogP contribution in [0.15, 0.2) is 48.5 Å². The van der Waals surface area contributed by atoms with Crippen LogP contribution in [0.25, 0.3) is 21.7 Å². The van der Waals surface area contributed by atoms with Crippen molar-refractivity contribution in [2.45, 2.75) is 5.88 Å². The molecule has 0 saturated carbocycles. The lowest BCUT2D eigenvalue weighted by atomic mass is 10.0. The molecular formula is C14H10ClNO. The molecule has 0 atom stereocenters. The normalized spacial score (nSPS) is 11.1. The Labute approximate surface area is 104 Å². The van der Waals surface area contributed by atoms with Crippen LogP contribution in [0.2, 0.25) is 0 Å². The van der Waals surface area contributed by atoms with E-state index in [-0.39, 0.29) is 5.88 Å². The van der Waals surface area contributed by atoms with Gasteiger partial charge in [-0.2, -0.15) is 4.73 Å². The molecule has 0 radical (unpaired) electrons. The Morgan fingerprint density at radius 1 is 0.882 bits per heavy atom. The molecule has 0 amide bonds. The first-order chi connectivity index (χ1) is 8.33. The number of benzene rings is 2. The summed E-state index contributed by atoms with van der Waals surface area (Å²) in [7, 11) is 0. The Morgan fingerprint density at radius 3 is 2.18 bits per heavy atom. The van der Waals surface area contributed by atoms with Crippen LogP contribution < -0.4 is 4.73 Å². The van der Waals surface area contributed by atoms with Crippen molar-refractivity contribution in [1.29, 1.82) is 0 Å². The van der Waals surface area contributed by atoms with E-state index >= 15 is 0 Å². The monoisotopic (exact) mass is 243 g/mol. The summed E-state index contributed by atoms with van der Waals surface area (Å²) in [5.74, 6) is 0.217. The van der Waals surface area contributed by atoms with Gasteiger partial charge in [0.15, 0.2) is 0 Å². The van der Waals surface area contributed by atoms with Gasteiger partial charge in [-0.3, -0.25) is 0 Å². The second-order valence-electron chi connectivity index (χ2n) is 3.94. The summed E-state index contributed by atoms with van der Waals surface area (Å²) >= 11 is 5.89. The molecule has 0 aliphatic heterocycles. The molecule has 3 aromatic rings. The molecule has 2 nitrogen and oxygen atoms in total. The van der Waals surface area contributed by atoms with E-state index in [0.717, 1.165) is 20.9 Å². The van der Waals surface area contributed by atoms with E-state index in [9.17, 15) is 5.21 Å². The lowest BCUT2D eigenvalue weighted by molar-refractivity contribution is -0.583. The molecule has 0 saturated heterocycles. The van der Waals surface area contributed by atoms with Crippen LogP contribution in [0.5, 0.6) is 0 Å². The fourth-order valence-corrected chi connectivity index (χ4v) is 2.48. The quantitative estimate of drug-likeness (QED) is 0.279. The van der Waals surface area contributed by atoms with E-state index in [4.69, 9.17) is 11.6 Å². The van der Waals surface area contributed by atoms with E-state index in [1.807, 2.05) is 48.5 Å². The zero-order valence-corrected chi connectivity index (χ0v) is 9.82. The van der Waals surface area contributed by atoms with Crippen molar-refractivity contribution in [3.8, 4) is 0 Å². The third kappa shape index (κ3) is 1.45. The summed E-state index contributed by atoms with van der Waals surface area (Å²) in [6, 6.07) is 15.4. The molecule has 84 valence electrons. The summed E-state index contributed by atoms with van der Waals surface area (Å²) in [5.41, 5.74) is 1.28. The van der Waals surface area contributed by atoms with Gasteiger partial charge in [0.05, 0.1) is 10.8 Å². The Morgan fingerprint density at radius 2 is 1.47 bits per heavy atom. The fourth-order valence-electron chi connectivity index (χ4n) is 2.23. The molecule has 0 fully saturated rings. The van der Waals surface area contributed by atoms with E-state index in [1.54, 1.807) is 0 Å². The van der Waals surface area contributed by atoms with E-state index in [0.29, 0.717) is 11.2 Å². The van der Waals surface area contributed by atoms with Crippen molar-refractivity contribution in [1.82, 2.24) is 0 Å². The van der Waals surface area contributed by atoms with Gasteiger partial charge in [-0.1, -0.05) is 30.3 Å². The molecule has 2 aromatic carbocycles. The Hall–Kier alpha value is -1.80. The molecule has 3 heteroatoms. The number of halogens is 1. The number of fused-ring (bicyclic) bond motifs is 3. The van der Waals surface area contributed by atoms with Crippen molar-refractivity contribution in [3.63, 3.8) is 0 Å². The van der Waals surface area contributed by atoms with Crippen molar-refractivity contribution < 1.29 is 4.73 Å². The van der Waals surface area contributed by atoms with Gasteiger partial charge >= 0.3 is 0 Å². The van der Waals surface area contributed by atoms with Crippen LogP contribution in [-0.2, 0) is 5.88 Å². The highest BCUT2D eigenvalue weighted by molar-refractivity contribution is 6.18. The number of rotatable bonds is 1. The predicted octanol–water partition coefficient (Wildman–Crippen LogP) is 3.37. The Kier molecular flexibility index (Phi) is 2.37. The number of hydrogen-bond donors (Lipinski definition) is 0. The van der Waals surface area contributed by atoms with Gasteiger partial charge in [0, 0.05) is 11.5 Å². The Bertz CT molecular complexity index is 709. The van der Waals surface area contributed by atoms with Crippen molar-refractivity contribution in [2.75, 3.05) is 0 Å². The van der Waals surface area contributed by atoms with E-state index in [1.165, 1.54) is 0 Å². The molecule has 1 aromatic heterocycles. The zero-order valence-electron chi connectivity index (χ0n) is 9.06. The highest BCUT2D eigenvalue weighted by atomic mass is 35.5. The number of aromatic nitrogens is 1. The first-order valence-corrected chi connectivity index (χ1v) is 5.94. The van der Waals surface area contributed by atoms with Crippen LogP contribution in [0.1, 0.15) is 5.69 Å². The van der Waals surface area contributed by atoms with Crippen LogP contribution in [0, 0.1) is 5.21 Å². The minimum absolute atomic E-state index is 0.217. The number of pyridine rings is 1. The second kappa shape index (κ2) is 3.90. The van der Waals surface area contributed by atoms with Gasteiger partial charge in [-0.15, -0.1) is 11.6 Å².